The van der Waals surface area contributed by atoms with Gasteiger partial charge in [0.1, 0.15) is 0 Å². The van der Waals surface area contributed by atoms with Gasteiger partial charge in [-0.25, -0.2) is 0 Å². The van der Waals surface area contributed by atoms with Gasteiger partial charge in [0.25, 0.3) is 0 Å². The van der Waals surface area contributed by atoms with E-state index in [4.69, 9.17) is 0 Å². The summed E-state index contributed by atoms with van der Waals surface area (Å²) >= 11 is 3.37. The lowest BCUT2D eigenvalue weighted by molar-refractivity contribution is -0.909. The van der Waals surface area contributed by atoms with Crippen LogP contribution in [0.4, 0.5) is 0 Å². The van der Waals surface area contributed by atoms with Gasteiger partial charge in [-0.05, 0) is 18.9 Å². The molecule has 1 aromatic rings. The number of aromatic nitrogens is 1. The fourth-order valence-electron chi connectivity index (χ4n) is 1.07. The summed E-state index contributed by atoms with van der Waals surface area (Å²) in [5.74, 6) is 0. The van der Waals surface area contributed by atoms with Crippen molar-refractivity contribution in [3.05, 3.63) is 30.1 Å². The molecule has 0 fully saturated rings. The van der Waals surface area contributed by atoms with E-state index in [-0.39, 0.29) is 0 Å². The molecule has 3 heteroatoms. The van der Waals surface area contributed by atoms with Gasteiger partial charge in [-0.15, -0.1) is 0 Å². The van der Waals surface area contributed by atoms with E-state index in [2.05, 4.69) is 15.9 Å². The number of halogens is 1. The summed E-state index contributed by atoms with van der Waals surface area (Å²) in [6, 6.07) is 5.69. The highest BCUT2D eigenvalue weighted by Gasteiger charge is 2.06. The zero-order valence-electron chi connectivity index (χ0n) is 6.91. The first-order valence-electron chi connectivity index (χ1n) is 4.09. The summed E-state index contributed by atoms with van der Waals surface area (Å²) in [7, 11) is 0. The fraction of sp³-hybridized carbons (Fsp3) is 0.444. The molecule has 0 bridgehead atoms. The number of hydrogen-bond donors (Lipinski definition) is 1. The van der Waals surface area contributed by atoms with Crippen molar-refractivity contribution < 1.29 is 9.94 Å². The van der Waals surface area contributed by atoms with E-state index in [1.807, 2.05) is 18.2 Å². The van der Waals surface area contributed by atoms with Crippen LogP contribution in [0.25, 0.3) is 0 Å². The summed E-state index contributed by atoms with van der Waals surface area (Å²) in [5.41, 5.74) is 0.971. The second kappa shape index (κ2) is 5.14. The van der Waals surface area contributed by atoms with Gasteiger partial charge in [-0.2, -0.15) is 0 Å². The number of hydrogen-bond acceptors (Lipinski definition) is 1. The van der Waals surface area contributed by atoms with Gasteiger partial charge in [0.15, 0.2) is 0 Å². The van der Waals surface area contributed by atoms with Crippen LogP contribution in [0, 0.1) is 0 Å². The zero-order chi connectivity index (χ0) is 8.81. The monoisotopic (exact) mass is 230 g/mol. The first kappa shape index (κ1) is 9.52. The summed E-state index contributed by atoms with van der Waals surface area (Å²) in [6.45, 7) is 0. The third-order valence-corrected chi connectivity index (χ3v) is 2.30. The maximum atomic E-state index is 9.31. The van der Waals surface area contributed by atoms with Gasteiger partial charge in [0.2, 0.25) is 11.9 Å². The van der Waals surface area contributed by atoms with Crippen LogP contribution in [-0.2, 0) is 6.42 Å². The smallest absolute Gasteiger partial charge is 0.234 e. The van der Waals surface area contributed by atoms with Crippen LogP contribution in [0.3, 0.4) is 0 Å². The molecule has 0 saturated heterocycles. The first-order chi connectivity index (χ1) is 5.84. The normalized spacial score (nSPS) is 10.1. The average Bonchev–Trinajstić information content (AvgIpc) is 2.09. The Labute approximate surface area is 80.9 Å². The zero-order valence-corrected chi connectivity index (χ0v) is 8.50. The van der Waals surface area contributed by atoms with Crippen LogP contribution in [0.5, 0.6) is 0 Å². The highest BCUT2D eigenvalue weighted by atomic mass is 79.9. The molecule has 0 amide bonds. The van der Waals surface area contributed by atoms with Crippen molar-refractivity contribution in [3.63, 3.8) is 0 Å². The summed E-state index contributed by atoms with van der Waals surface area (Å²) < 4.78 is 1.19. The molecule has 12 heavy (non-hydrogen) atoms. The van der Waals surface area contributed by atoms with E-state index in [9.17, 15) is 5.21 Å². The molecular formula is C9H13BrNO+. The maximum Gasteiger partial charge on any atom is 0.234 e. The molecule has 1 N–H and O–H groups in total. The average molecular weight is 231 g/mol. The molecule has 0 unspecified atom stereocenters. The molecule has 2 nitrogen and oxygen atoms in total. The lowest BCUT2D eigenvalue weighted by Crippen LogP contribution is -2.34. The molecule has 0 aliphatic carbocycles. The molecule has 0 atom stereocenters. The Bertz CT molecular complexity index is 240. The topological polar surface area (TPSA) is 24.1 Å². The lowest BCUT2D eigenvalue weighted by atomic mass is 10.2. The number of alkyl halides is 1. The Kier molecular flexibility index (Phi) is 4.08. The van der Waals surface area contributed by atoms with E-state index in [0.717, 1.165) is 30.3 Å². The van der Waals surface area contributed by atoms with Crippen molar-refractivity contribution in [2.24, 2.45) is 0 Å². The molecule has 1 heterocycles. The summed E-state index contributed by atoms with van der Waals surface area (Å²) in [4.78, 5) is 0. The van der Waals surface area contributed by atoms with Gasteiger partial charge in [0.05, 0.1) is 0 Å². The molecule has 66 valence electrons. The molecule has 0 aliphatic heterocycles. The van der Waals surface area contributed by atoms with Crippen LogP contribution in [0.15, 0.2) is 24.4 Å². The minimum atomic E-state index is 0.933. The third kappa shape index (κ3) is 2.81. The van der Waals surface area contributed by atoms with Gasteiger partial charge in [-0.3, -0.25) is 5.21 Å². The van der Waals surface area contributed by atoms with Gasteiger partial charge >= 0.3 is 0 Å². The number of rotatable bonds is 4. The Morgan fingerprint density at radius 3 is 2.83 bits per heavy atom. The van der Waals surface area contributed by atoms with Gasteiger partial charge in [-0.1, -0.05) is 15.9 Å². The Balaban J connectivity index is 2.46. The number of nitrogens with zero attached hydrogens (tertiary/aromatic N) is 1. The van der Waals surface area contributed by atoms with Crippen LogP contribution >= 0.6 is 15.9 Å². The van der Waals surface area contributed by atoms with E-state index < -0.39 is 0 Å². The predicted octanol–water partition coefficient (Wildman–Crippen LogP) is 1.93. The summed E-state index contributed by atoms with van der Waals surface area (Å²) in [6.07, 6.45) is 4.84. The fourth-order valence-corrected chi connectivity index (χ4v) is 1.46. The predicted molar refractivity (Wildman–Crippen MR) is 50.6 cm³/mol. The van der Waals surface area contributed by atoms with Crippen molar-refractivity contribution in [2.75, 3.05) is 5.33 Å². The van der Waals surface area contributed by atoms with Crippen molar-refractivity contribution in [1.29, 1.82) is 0 Å². The van der Waals surface area contributed by atoms with E-state index in [1.165, 1.54) is 4.73 Å². The number of pyridine rings is 1. The quantitative estimate of drug-likeness (QED) is 0.364. The number of aryl methyl sites for hydroxylation is 1. The highest BCUT2D eigenvalue weighted by Crippen LogP contribution is 2.00. The van der Waals surface area contributed by atoms with Crippen molar-refractivity contribution in [3.8, 4) is 0 Å². The molecule has 0 aromatic carbocycles. The lowest BCUT2D eigenvalue weighted by Gasteiger charge is -1.94. The standard InChI is InChI=1S/C9H13BrNO/c10-7-3-1-5-9-6-2-4-8-11(9)12/h2,4,6,8,12H,1,3,5,7H2/q+1. The maximum absolute atomic E-state index is 9.31. The molecule has 0 aliphatic rings. The number of unbranched alkanes of at least 4 members (excludes halogenated alkanes) is 1. The largest absolute Gasteiger partial charge is 0.285 e. The van der Waals surface area contributed by atoms with Crippen molar-refractivity contribution in [1.82, 2.24) is 0 Å². The molecule has 1 rings (SSSR count). The minimum absolute atomic E-state index is 0.933. The minimum Gasteiger partial charge on any atom is -0.285 e. The second-order valence-electron chi connectivity index (χ2n) is 2.68. The van der Waals surface area contributed by atoms with Crippen LogP contribution in [-0.4, -0.2) is 10.5 Å². The van der Waals surface area contributed by atoms with Gasteiger partial charge in [0, 0.05) is 28.6 Å². The van der Waals surface area contributed by atoms with Crippen LogP contribution in [0.2, 0.25) is 0 Å². The molecule has 0 spiro atoms. The van der Waals surface area contributed by atoms with E-state index in [1.54, 1.807) is 6.20 Å². The molecule has 1 aromatic heterocycles. The Hall–Kier alpha value is -0.570. The third-order valence-electron chi connectivity index (χ3n) is 1.74. The molecule has 0 saturated carbocycles. The Morgan fingerprint density at radius 2 is 2.17 bits per heavy atom. The van der Waals surface area contributed by atoms with E-state index >= 15 is 0 Å². The summed E-state index contributed by atoms with van der Waals surface area (Å²) in [5, 5.41) is 10.3. The van der Waals surface area contributed by atoms with Crippen LogP contribution < -0.4 is 4.73 Å². The molecule has 0 radical (unpaired) electrons. The molecular weight excluding hydrogens is 218 g/mol. The van der Waals surface area contributed by atoms with Gasteiger partial charge < -0.3 is 0 Å². The second-order valence-corrected chi connectivity index (χ2v) is 3.48. The van der Waals surface area contributed by atoms with Crippen molar-refractivity contribution >= 4 is 15.9 Å². The highest BCUT2D eigenvalue weighted by molar-refractivity contribution is 9.09. The van der Waals surface area contributed by atoms with Crippen molar-refractivity contribution in [2.45, 2.75) is 19.3 Å². The first-order valence-corrected chi connectivity index (χ1v) is 5.21. The SMILES string of the molecule is O[n+]1ccccc1CCCCBr. The Morgan fingerprint density at radius 1 is 1.33 bits per heavy atom. The van der Waals surface area contributed by atoms with E-state index in [0.29, 0.717) is 0 Å². The van der Waals surface area contributed by atoms with Crippen LogP contribution in [0.1, 0.15) is 18.5 Å².